The molecule has 4 heteroatoms. The molecule has 3 aromatic carbocycles. The Labute approximate surface area is 242 Å². The van der Waals surface area contributed by atoms with Gasteiger partial charge in [-0.05, 0) is 12.8 Å². The number of rotatable bonds is 16. The number of aliphatic carboxylic acids is 1. The average Bonchev–Trinajstić information content (AvgIpc) is 2.98. The summed E-state index contributed by atoms with van der Waals surface area (Å²) in [6.45, 7) is 0. The van der Waals surface area contributed by atoms with Crippen LogP contribution in [0.25, 0.3) is 0 Å². The predicted octanol–water partition coefficient (Wildman–Crippen LogP) is 8.87. The van der Waals surface area contributed by atoms with E-state index in [-0.39, 0.29) is 6.42 Å². The Balaban J connectivity index is 1.59. The molecule has 204 valence electrons. The summed E-state index contributed by atoms with van der Waals surface area (Å²) >= 11 is 4.51. The summed E-state index contributed by atoms with van der Waals surface area (Å²) < 4.78 is 0. The van der Waals surface area contributed by atoms with Crippen LogP contribution in [0.5, 0.6) is 0 Å². The molecule has 0 aliphatic rings. The van der Waals surface area contributed by atoms with Crippen LogP contribution in [-0.2, 0) is 4.79 Å². The van der Waals surface area contributed by atoms with Gasteiger partial charge in [-0.3, -0.25) is 4.79 Å². The number of carboxylic acid groups (broad SMARTS) is 1. The SMILES string of the molecule is O=C(O)CCC/C=C/C/C=C/C/C=C\C/C=C/CCP(Br)(c1ccccc1)(c1ccccc1)c1ccccc1. The van der Waals surface area contributed by atoms with Gasteiger partial charge in [-0.1, -0.05) is 6.08 Å². The van der Waals surface area contributed by atoms with E-state index < -0.39 is 11.3 Å². The van der Waals surface area contributed by atoms with Gasteiger partial charge in [0.25, 0.3) is 0 Å². The molecule has 0 atom stereocenters. The van der Waals surface area contributed by atoms with Gasteiger partial charge in [-0.25, -0.2) is 0 Å². The standard InChI is InChI=1S/C35H40BrO2P/c36-39(32-24-16-13-17-25-32,33-26-18-14-19-27-33,34-28-20-15-21-29-34)31-23-12-10-8-6-4-2-1-3-5-7-9-11-22-30-35(37)38/h1,3-4,6-7,9-10,12-21,24-29H,2,5,8,11,22-23,30-31H2,(H,37,38)/b3-1+,6-4-,9-7+,12-10+. The fourth-order valence-electron chi connectivity index (χ4n) is 4.79. The molecule has 0 aromatic heterocycles. The first kappa shape index (κ1) is 30.5. The van der Waals surface area contributed by atoms with Crippen LogP contribution < -0.4 is 15.9 Å². The van der Waals surface area contributed by atoms with Crippen molar-refractivity contribution >= 4 is 42.7 Å². The molecular formula is C35H40BrO2P. The van der Waals surface area contributed by atoms with Crippen LogP contribution in [-0.4, -0.2) is 17.2 Å². The molecule has 2 nitrogen and oxygen atoms in total. The molecule has 0 aliphatic heterocycles. The van der Waals surface area contributed by atoms with Crippen LogP contribution in [0.1, 0.15) is 44.9 Å². The summed E-state index contributed by atoms with van der Waals surface area (Å²) in [6.07, 6.45) is 24.0. The van der Waals surface area contributed by atoms with E-state index in [4.69, 9.17) is 5.11 Å². The number of hydrogen-bond acceptors (Lipinski definition) is 1. The van der Waals surface area contributed by atoms with Gasteiger partial charge in [0.05, 0.1) is 0 Å². The van der Waals surface area contributed by atoms with Crippen LogP contribution in [0.4, 0.5) is 0 Å². The number of halogens is 1. The third kappa shape index (κ3) is 8.75. The van der Waals surface area contributed by atoms with E-state index in [1.807, 2.05) is 0 Å². The second-order valence-corrected chi connectivity index (χ2v) is 18.6. The van der Waals surface area contributed by atoms with Gasteiger partial charge in [0, 0.05) is 6.42 Å². The number of benzene rings is 3. The molecule has 0 radical (unpaired) electrons. The first-order chi connectivity index (χ1) is 19.1. The van der Waals surface area contributed by atoms with Crippen molar-refractivity contribution in [2.75, 3.05) is 6.16 Å². The molecule has 0 unspecified atom stereocenters. The molecular weight excluding hydrogens is 563 g/mol. The number of carbonyl (C=O) groups is 1. The quantitative estimate of drug-likeness (QED) is 0.101. The van der Waals surface area contributed by atoms with E-state index in [0.29, 0.717) is 6.42 Å². The maximum atomic E-state index is 10.5. The van der Waals surface area contributed by atoms with Crippen LogP contribution >= 0.6 is 20.8 Å². The van der Waals surface area contributed by atoms with E-state index in [1.54, 1.807) is 0 Å². The molecule has 0 saturated carbocycles. The Bertz CT molecular complexity index is 1150. The number of carboxylic acids is 1. The number of hydrogen-bond donors (Lipinski definition) is 1. The first-order valence-corrected chi connectivity index (χ1v) is 18.2. The van der Waals surface area contributed by atoms with Gasteiger partial charge in [-0.15, -0.1) is 0 Å². The first-order valence-electron chi connectivity index (χ1n) is 13.8. The molecule has 0 bridgehead atoms. The van der Waals surface area contributed by atoms with Crippen molar-refractivity contribution in [3.05, 3.63) is 140 Å². The molecule has 0 heterocycles. The van der Waals surface area contributed by atoms with Gasteiger partial charge < -0.3 is 5.11 Å². The molecule has 3 rings (SSSR count). The number of allylic oxidation sites excluding steroid dienone is 8. The van der Waals surface area contributed by atoms with Crippen molar-refractivity contribution in [3.63, 3.8) is 0 Å². The van der Waals surface area contributed by atoms with E-state index in [2.05, 4.69) is 155 Å². The second kappa shape index (κ2) is 16.2. The second-order valence-electron chi connectivity index (χ2n) is 9.58. The van der Waals surface area contributed by atoms with Crippen molar-refractivity contribution in [2.24, 2.45) is 0 Å². The average molecular weight is 604 g/mol. The molecule has 0 spiro atoms. The summed E-state index contributed by atoms with van der Waals surface area (Å²) in [5, 5.41) is 9.87. The minimum atomic E-state index is -2.85. The molecule has 3 aromatic rings. The fourth-order valence-corrected chi connectivity index (χ4v) is 12.2. The molecule has 0 aliphatic carbocycles. The van der Waals surface area contributed by atoms with Crippen molar-refractivity contribution in [1.82, 2.24) is 0 Å². The Morgan fingerprint density at radius 1 is 0.590 bits per heavy atom. The fraction of sp³-hybridized carbons (Fsp3) is 0.229. The molecule has 39 heavy (non-hydrogen) atoms. The van der Waals surface area contributed by atoms with Gasteiger partial charge in [-0.2, -0.15) is 0 Å². The Morgan fingerprint density at radius 3 is 1.33 bits per heavy atom. The van der Waals surface area contributed by atoms with Gasteiger partial charge in [0.15, 0.2) is 0 Å². The zero-order valence-electron chi connectivity index (χ0n) is 22.6. The molecule has 0 saturated heterocycles. The normalized spacial score (nSPS) is 13.4. The summed E-state index contributed by atoms with van der Waals surface area (Å²) in [7, 11) is 0. The minimum absolute atomic E-state index is 0.242. The van der Waals surface area contributed by atoms with Crippen LogP contribution in [0.2, 0.25) is 0 Å². The Morgan fingerprint density at radius 2 is 0.949 bits per heavy atom. The van der Waals surface area contributed by atoms with Crippen molar-refractivity contribution in [2.45, 2.75) is 44.9 Å². The van der Waals surface area contributed by atoms with Crippen LogP contribution in [0, 0.1) is 0 Å². The van der Waals surface area contributed by atoms with Crippen LogP contribution in [0.3, 0.4) is 0 Å². The van der Waals surface area contributed by atoms with Crippen molar-refractivity contribution < 1.29 is 9.90 Å². The van der Waals surface area contributed by atoms with Crippen LogP contribution in [0.15, 0.2) is 140 Å². The zero-order chi connectivity index (χ0) is 27.7. The monoisotopic (exact) mass is 602 g/mol. The summed E-state index contributed by atoms with van der Waals surface area (Å²) in [5.74, 6) is -0.724. The Hall–Kier alpha value is -3.00. The molecule has 1 N–H and O–H groups in total. The van der Waals surface area contributed by atoms with E-state index >= 15 is 0 Å². The topological polar surface area (TPSA) is 37.3 Å². The molecule has 0 amide bonds. The van der Waals surface area contributed by atoms with Gasteiger partial charge in [0.2, 0.25) is 0 Å². The van der Waals surface area contributed by atoms with Crippen molar-refractivity contribution in [3.8, 4) is 0 Å². The summed E-state index contributed by atoms with van der Waals surface area (Å²) in [5.41, 5.74) is 0. The third-order valence-corrected chi connectivity index (χ3v) is 16.8. The predicted molar refractivity (Wildman–Crippen MR) is 175 cm³/mol. The van der Waals surface area contributed by atoms with E-state index in [1.165, 1.54) is 15.9 Å². The van der Waals surface area contributed by atoms with Crippen molar-refractivity contribution in [1.29, 1.82) is 0 Å². The third-order valence-electron chi connectivity index (χ3n) is 6.84. The summed E-state index contributed by atoms with van der Waals surface area (Å²) in [4.78, 5) is 10.5. The van der Waals surface area contributed by atoms with E-state index in [0.717, 1.165) is 38.3 Å². The van der Waals surface area contributed by atoms with E-state index in [9.17, 15) is 4.79 Å². The Kier molecular flexibility index (Phi) is 12.7. The zero-order valence-corrected chi connectivity index (χ0v) is 25.1. The van der Waals surface area contributed by atoms with Gasteiger partial charge >= 0.3 is 208 Å². The maximum absolute atomic E-state index is 10.5. The number of unbranched alkanes of at least 4 members (excludes halogenated alkanes) is 1. The molecule has 0 fully saturated rings. The van der Waals surface area contributed by atoms with Gasteiger partial charge in [0.1, 0.15) is 0 Å². The summed E-state index contributed by atoms with van der Waals surface area (Å²) in [6, 6.07) is 32.9.